The third-order valence-corrected chi connectivity index (χ3v) is 6.23. The molecule has 0 saturated carbocycles. The van der Waals surface area contributed by atoms with Gasteiger partial charge in [-0.15, -0.1) is 0 Å². The molecule has 1 fully saturated rings. The lowest BCUT2D eigenvalue weighted by atomic mass is 9.85. The lowest BCUT2D eigenvalue weighted by Gasteiger charge is -2.46. The molecule has 5 rings (SSSR count). The van der Waals surface area contributed by atoms with E-state index in [0.29, 0.717) is 0 Å². The molecule has 1 aliphatic carbocycles. The predicted molar refractivity (Wildman–Crippen MR) is 112 cm³/mol. The molecule has 1 heterocycles. The van der Waals surface area contributed by atoms with E-state index in [9.17, 15) is 23.1 Å². The normalized spacial score (nSPS) is 16.8. The smallest absolute Gasteiger partial charge is 0.416 e. The molecule has 0 spiro atoms. The summed E-state index contributed by atoms with van der Waals surface area (Å²) in [6, 6.07) is 20.5. The Bertz CT molecular complexity index is 1140. The quantitative estimate of drug-likeness (QED) is 0.614. The van der Waals surface area contributed by atoms with E-state index in [1.165, 1.54) is 17.0 Å². The molecule has 0 radical (unpaired) electrons. The van der Waals surface area contributed by atoms with Crippen molar-refractivity contribution in [2.45, 2.75) is 17.7 Å². The number of alkyl halides is 3. The Kier molecular flexibility index (Phi) is 4.74. The Hall–Kier alpha value is -3.32. The Morgan fingerprint density at radius 3 is 2.16 bits per heavy atom. The summed E-state index contributed by atoms with van der Waals surface area (Å²) in [5, 5.41) is 10.7. The van der Waals surface area contributed by atoms with Gasteiger partial charge in [-0.1, -0.05) is 60.7 Å². The maximum atomic E-state index is 13.0. The molecule has 7 heteroatoms. The maximum Gasteiger partial charge on any atom is 0.416 e. The molecule has 1 saturated heterocycles. The lowest BCUT2D eigenvalue weighted by molar-refractivity contribution is -0.138. The van der Waals surface area contributed by atoms with Gasteiger partial charge in [-0.2, -0.15) is 13.2 Å². The fourth-order valence-corrected chi connectivity index (χ4v) is 4.57. The Balaban J connectivity index is 1.25. The summed E-state index contributed by atoms with van der Waals surface area (Å²) in [6.45, 7) is -0.0959. The minimum Gasteiger partial charge on any atom is -0.448 e. The zero-order chi connectivity index (χ0) is 22.5. The van der Waals surface area contributed by atoms with Crippen LogP contribution in [-0.2, 0) is 16.5 Å². The van der Waals surface area contributed by atoms with E-state index >= 15 is 0 Å². The van der Waals surface area contributed by atoms with Crippen LogP contribution in [-0.4, -0.2) is 35.8 Å². The van der Waals surface area contributed by atoms with Crippen molar-refractivity contribution < 1.29 is 27.8 Å². The zero-order valence-electron chi connectivity index (χ0n) is 17.0. The number of amides is 1. The third kappa shape index (κ3) is 3.42. The second-order valence-corrected chi connectivity index (χ2v) is 8.27. The monoisotopic (exact) mass is 439 g/mol. The standard InChI is InChI=1S/C25H20F3NO3/c26-25(27,28)17-7-5-6-16(12-17)24(31)14-29(15-24)23(30)32-13-22-20-10-3-1-8-18(20)19-9-2-4-11-21(19)22/h1-12,22,31H,13-15H2. The second kappa shape index (κ2) is 7.38. The second-order valence-electron chi connectivity index (χ2n) is 8.27. The SMILES string of the molecule is O=C(OCC1c2ccccc2-c2ccccc21)N1CC(O)(c2cccc(C(F)(F)F)c2)C1. The van der Waals surface area contributed by atoms with Crippen LogP contribution >= 0.6 is 0 Å². The first-order valence-electron chi connectivity index (χ1n) is 10.3. The summed E-state index contributed by atoms with van der Waals surface area (Å²) in [5.74, 6) is -0.0880. The summed E-state index contributed by atoms with van der Waals surface area (Å²) in [4.78, 5) is 13.9. The summed E-state index contributed by atoms with van der Waals surface area (Å²) in [7, 11) is 0. The summed E-state index contributed by atoms with van der Waals surface area (Å²) in [5.41, 5.74) is 2.19. The highest BCUT2D eigenvalue weighted by molar-refractivity contribution is 5.79. The van der Waals surface area contributed by atoms with Gasteiger partial charge in [-0.05, 0) is 39.9 Å². The highest BCUT2D eigenvalue weighted by atomic mass is 19.4. The van der Waals surface area contributed by atoms with Crippen LogP contribution in [0.4, 0.5) is 18.0 Å². The average molecular weight is 439 g/mol. The molecule has 1 N–H and O–H groups in total. The Morgan fingerprint density at radius 1 is 0.969 bits per heavy atom. The molecule has 1 aliphatic heterocycles. The summed E-state index contributed by atoms with van der Waals surface area (Å²) >= 11 is 0. The number of halogens is 3. The van der Waals surface area contributed by atoms with Crippen LogP contribution in [0.1, 0.15) is 28.2 Å². The molecule has 0 atom stereocenters. The van der Waals surface area contributed by atoms with E-state index in [1.54, 1.807) is 0 Å². The van der Waals surface area contributed by atoms with E-state index in [4.69, 9.17) is 4.74 Å². The molecule has 32 heavy (non-hydrogen) atoms. The van der Waals surface area contributed by atoms with Crippen molar-refractivity contribution in [3.63, 3.8) is 0 Å². The van der Waals surface area contributed by atoms with E-state index in [2.05, 4.69) is 0 Å². The fraction of sp³-hybridized carbons (Fsp3) is 0.240. The van der Waals surface area contributed by atoms with Crippen molar-refractivity contribution in [2.24, 2.45) is 0 Å². The number of β-amino-alcohol motifs (C(OH)–C–C–N with tert-alkyl or cyclic N) is 1. The minimum absolute atomic E-state index is 0.0880. The van der Waals surface area contributed by atoms with Crippen LogP contribution in [0.2, 0.25) is 0 Å². The van der Waals surface area contributed by atoms with E-state index in [1.807, 2.05) is 48.5 Å². The van der Waals surface area contributed by atoms with Crippen molar-refractivity contribution in [1.29, 1.82) is 0 Å². The molecule has 3 aromatic carbocycles. The number of ether oxygens (including phenoxy) is 1. The van der Waals surface area contributed by atoms with E-state index in [0.717, 1.165) is 34.4 Å². The molecular formula is C25H20F3NO3. The van der Waals surface area contributed by atoms with Crippen LogP contribution in [0, 0.1) is 0 Å². The first-order valence-corrected chi connectivity index (χ1v) is 10.3. The lowest BCUT2D eigenvalue weighted by Crippen LogP contribution is -2.61. The minimum atomic E-state index is -4.50. The van der Waals surface area contributed by atoms with E-state index in [-0.39, 0.29) is 31.2 Å². The number of likely N-dealkylation sites (tertiary alicyclic amines) is 1. The van der Waals surface area contributed by atoms with Crippen molar-refractivity contribution in [3.05, 3.63) is 95.1 Å². The molecular weight excluding hydrogens is 419 g/mol. The van der Waals surface area contributed by atoms with Gasteiger partial charge < -0.3 is 14.7 Å². The van der Waals surface area contributed by atoms with Gasteiger partial charge >= 0.3 is 12.3 Å². The van der Waals surface area contributed by atoms with Gasteiger partial charge in [0.15, 0.2) is 0 Å². The number of fused-ring (bicyclic) bond motifs is 3. The van der Waals surface area contributed by atoms with Crippen molar-refractivity contribution in [2.75, 3.05) is 19.7 Å². The van der Waals surface area contributed by atoms with Crippen molar-refractivity contribution >= 4 is 6.09 Å². The van der Waals surface area contributed by atoms with Crippen LogP contribution in [0.25, 0.3) is 11.1 Å². The number of carbonyl (C=O) groups is 1. The van der Waals surface area contributed by atoms with Crippen LogP contribution in [0.15, 0.2) is 72.8 Å². The Morgan fingerprint density at radius 2 is 1.56 bits per heavy atom. The number of carbonyl (C=O) groups excluding carboxylic acids is 1. The van der Waals surface area contributed by atoms with Crippen molar-refractivity contribution in [1.82, 2.24) is 4.90 Å². The highest BCUT2D eigenvalue weighted by Crippen LogP contribution is 2.44. The van der Waals surface area contributed by atoms with Gasteiger partial charge in [0.1, 0.15) is 12.2 Å². The maximum absolute atomic E-state index is 13.0. The number of hydrogen-bond donors (Lipinski definition) is 1. The van der Waals surface area contributed by atoms with Gasteiger partial charge in [0.05, 0.1) is 18.7 Å². The van der Waals surface area contributed by atoms with Gasteiger partial charge in [-0.3, -0.25) is 0 Å². The summed E-state index contributed by atoms with van der Waals surface area (Å²) < 4.78 is 44.5. The molecule has 0 bridgehead atoms. The highest BCUT2D eigenvalue weighted by Gasteiger charge is 2.47. The molecule has 0 unspecified atom stereocenters. The molecule has 3 aromatic rings. The topological polar surface area (TPSA) is 49.8 Å². The first-order chi connectivity index (χ1) is 15.3. The van der Waals surface area contributed by atoms with Gasteiger partial charge in [0, 0.05) is 5.92 Å². The largest absolute Gasteiger partial charge is 0.448 e. The number of nitrogens with zero attached hydrogens (tertiary/aromatic N) is 1. The molecule has 2 aliphatic rings. The van der Waals surface area contributed by atoms with Crippen molar-refractivity contribution in [3.8, 4) is 11.1 Å². The predicted octanol–water partition coefficient (Wildman–Crippen LogP) is 5.16. The zero-order valence-corrected chi connectivity index (χ0v) is 17.0. The van der Waals surface area contributed by atoms with Gasteiger partial charge in [-0.25, -0.2) is 4.79 Å². The van der Waals surface area contributed by atoms with Gasteiger partial charge in [0.2, 0.25) is 0 Å². The van der Waals surface area contributed by atoms with Crippen LogP contribution < -0.4 is 0 Å². The molecule has 4 nitrogen and oxygen atoms in total. The average Bonchev–Trinajstić information content (AvgIpc) is 3.08. The summed E-state index contributed by atoms with van der Waals surface area (Å²) in [6.07, 6.45) is -5.09. The van der Waals surface area contributed by atoms with Crippen LogP contribution in [0.5, 0.6) is 0 Å². The third-order valence-electron chi connectivity index (χ3n) is 6.23. The number of aliphatic hydroxyl groups is 1. The molecule has 0 aromatic heterocycles. The number of hydrogen-bond acceptors (Lipinski definition) is 3. The molecule has 1 amide bonds. The van der Waals surface area contributed by atoms with Gasteiger partial charge in [0.25, 0.3) is 0 Å². The van der Waals surface area contributed by atoms with Crippen LogP contribution in [0.3, 0.4) is 0 Å². The fourth-order valence-electron chi connectivity index (χ4n) is 4.57. The number of benzene rings is 3. The first kappa shape index (κ1) is 20.6. The van der Waals surface area contributed by atoms with E-state index < -0.39 is 23.4 Å². The Labute approximate surface area is 182 Å². The number of rotatable bonds is 3. The molecule has 164 valence electrons.